The molecule has 1 aliphatic heterocycles. The molecule has 0 spiro atoms. The third-order valence-electron chi connectivity index (χ3n) is 5.14. The quantitative estimate of drug-likeness (QED) is 0.646. The summed E-state index contributed by atoms with van der Waals surface area (Å²) in [4.78, 5) is 21.5. The summed E-state index contributed by atoms with van der Waals surface area (Å²) in [7, 11) is 0. The first-order valence-corrected chi connectivity index (χ1v) is 10.8. The number of thioether (sulfide) groups is 1. The van der Waals surface area contributed by atoms with Crippen LogP contribution in [0.3, 0.4) is 0 Å². The van der Waals surface area contributed by atoms with E-state index in [9.17, 15) is 4.79 Å². The van der Waals surface area contributed by atoms with E-state index in [1.165, 1.54) is 4.90 Å². The molecule has 0 radical (unpaired) electrons. The first-order chi connectivity index (χ1) is 13.7. The van der Waals surface area contributed by atoms with Crippen molar-refractivity contribution in [1.29, 1.82) is 0 Å². The molecule has 1 amide bonds. The summed E-state index contributed by atoms with van der Waals surface area (Å²) in [5.41, 5.74) is 1.68. The Kier molecular flexibility index (Phi) is 5.88. The van der Waals surface area contributed by atoms with Gasteiger partial charge >= 0.3 is 0 Å². The molecule has 6 heteroatoms. The molecule has 0 atom stereocenters. The predicted molar refractivity (Wildman–Crippen MR) is 114 cm³/mol. The van der Waals surface area contributed by atoms with Gasteiger partial charge < -0.3 is 14.6 Å². The molecule has 1 fully saturated rings. The van der Waals surface area contributed by atoms with E-state index >= 15 is 0 Å². The Hall–Kier alpha value is -2.44. The molecule has 146 valence electrons. The number of fused-ring (bicyclic) bond motifs is 1. The van der Waals surface area contributed by atoms with E-state index in [1.807, 2.05) is 47.4 Å². The number of nitrogens with zero attached hydrogens (tertiary/aromatic N) is 2. The fraction of sp³-hybridized carbons (Fsp3) is 0.318. The molecule has 1 N–H and O–H groups in total. The van der Waals surface area contributed by atoms with Crippen LogP contribution in [0.1, 0.15) is 10.5 Å². The zero-order chi connectivity index (χ0) is 19.3. The fourth-order valence-corrected chi connectivity index (χ4v) is 3.97. The minimum absolute atomic E-state index is 0.0842. The van der Waals surface area contributed by atoms with Crippen molar-refractivity contribution in [2.45, 2.75) is 4.90 Å². The Balaban J connectivity index is 1.25. The van der Waals surface area contributed by atoms with Crippen molar-refractivity contribution >= 4 is 28.6 Å². The third kappa shape index (κ3) is 4.34. The number of amides is 1. The highest BCUT2D eigenvalue weighted by atomic mass is 32.2. The number of para-hydroxylation sites is 1. The van der Waals surface area contributed by atoms with Crippen LogP contribution in [0, 0.1) is 0 Å². The molecule has 1 aliphatic rings. The van der Waals surface area contributed by atoms with Crippen LogP contribution in [0.15, 0.2) is 59.5 Å². The topological polar surface area (TPSA) is 48.6 Å². The van der Waals surface area contributed by atoms with E-state index in [0.29, 0.717) is 12.3 Å². The van der Waals surface area contributed by atoms with E-state index in [4.69, 9.17) is 4.74 Å². The monoisotopic (exact) mass is 395 g/mol. The highest BCUT2D eigenvalue weighted by Gasteiger charge is 2.23. The lowest BCUT2D eigenvalue weighted by Crippen LogP contribution is -2.49. The predicted octanol–water partition coefficient (Wildman–Crippen LogP) is 3.73. The largest absolute Gasteiger partial charge is 0.492 e. The summed E-state index contributed by atoms with van der Waals surface area (Å²) in [5.74, 6) is 1.00. The lowest BCUT2D eigenvalue weighted by atomic mass is 10.2. The highest BCUT2D eigenvalue weighted by molar-refractivity contribution is 7.98. The molecule has 1 aromatic heterocycles. The van der Waals surface area contributed by atoms with Crippen LogP contribution in [0.5, 0.6) is 5.75 Å². The van der Waals surface area contributed by atoms with Crippen molar-refractivity contribution in [1.82, 2.24) is 14.8 Å². The van der Waals surface area contributed by atoms with Gasteiger partial charge in [-0.2, -0.15) is 0 Å². The Labute approximate surface area is 169 Å². The summed E-state index contributed by atoms with van der Waals surface area (Å²) >= 11 is 1.72. The van der Waals surface area contributed by atoms with Gasteiger partial charge in [0.25, 0.3) is 5.91 Å². The first kappa shape index (κ1) is 18.9. The van der Waals surface area contributed by atoms with Gasteiger partial charge in [0.15, 0.2) is 0 Å². The van der Waals surface area contributed by atoms with Gasteiger partial charge in [0.1, 0.15) is 18.1 Å². The second-order valence-corrected chi connectivity index (χ2v) is 7.81. The fourth-order valence-electron chi connectivity index (χ4n) is 3.52. The average Bonchev–Trinajstić information content (AvgIpc) is 3.18. The molecule has 0 aliphatic carbocycles. The van der Waals surface area contributed by atoms with Crippen LogP contribution < -0.4 is 4.74 Å². The molecular weight excluding hydrogens is 370 g/mol. The minimum Gasteiger partial charge on any atom is -0.492 e. The number of nitrogens with one attached hydrogen (secondary N) is 1. The molecule has 4 rings (SSSR count). The zero-order valence-electron chi connectivity index (χ0n) is 16.1. The van der Waals surface area contributed by atoms with Crippen LogP contribution in [-0.2, 0) is 0 Å². The number of hydrogen-bond donors (Lipinski definition) is 1. The molecule has 0 saturated carbocycles. The van der Waals surface area contributed by atoms with Gasteiger partial charge in [-0.25, -0.2) is 0 Å². The number of aromatic amines is 1. The molecule has 1 saturated heterocycles. The van der Waals surface area contributed by atoms with Crippen LogP contribution >= 0.6 is 11.8 Å². The van der Waals surface area contributed by atoms with Crippen LogP contribution in [0.4, 0.5) is 0 Å². The van der Waals surface area contributed by atoms with Gasteiger partial charge in [-0.05, 0) is 36.6 Å². The summed E-state index contributed by atoms with van der Waals surface area (Å²) in [6, 6.07) is 18.1. The molecule has 5 nitrogen and oxygen atoms in total. The average molecular weight is 396 g/mol. The standard InChI is InChI=1S/C22H25N3O2S/c1-28-19-7-4-6-18(16-19)27-14-13-24-9-11-25(12-10-24)22(26)21-15-17-5-2-3-8-20(17)23-21/h2-8,15-16,23H,9-14H2,1H3. The van der Waals surface area contributed by atoms with E-state index < -0.39 is 0 Å². The highest BCUT2D eigenvalue weighted by Crippen LogP contribution is 2.21. The number of hydrogen-bond acceptors (Lipinski definition) is 4. The molecule has 0 unspecified atom stereocenters. The Morgan fingerprint density at radius 3 is 2.68 bits per heavy atom. The van der Waals surface area contributed by atoms with Gasteiger partial charge in [-0.1, -0.05) is 24.3 Å². The van der Waals surface area contributed by atoms with Crippen molar-refractivity contribution in [3.63, 3.8) is 0 Å². The first-order valence-electron chi connectivity index (χ1n) is 9.59. The van der Waals surface area contributed by atoms with Gasteiger partial charge in [0, 0.05) is 48.5 Å². The Bertz CT molecular complexity index is 915. The number of rotatable bonds is 6. The summed E-state index contributed by atoms with van der Waals surface area (Å²) in [6.45, 7) is 4.78. The minimum atomic E-state index is 0.0842. The molecule has 0 bridgehead atoms. The number of H-pyrrole nitrogens is 1. The normalized spacial score (nSPS) is 15.1. The van der Waals surface area contributed by atoms with Crippen molar-refractivity contribution in [2.24, 2.45) is 0 Å². The van der Waals surface area contributed by atoms with E-state index in [1.54, 1.807) is 11.8 Å². The maximum atomic E-state index is 12.8. The SMILES string of the molecule is CSc1cccc(OCCN2CCN(C(=O)c3cc4ccccc4[nH]3)CC2)c1. The van der Waals surface area contributed by atoms with Crippen molar-refractivity contribution in [3.8, 4) is 5.75 Å². The van der Waals surface area contributed by atoms with Crippen LogP contribution in [0.25, 0.3) is 10.9 Å². The van der Waals surface area contributed by atoms with Crippen molar-refractivity contribution in [3.05, 3.63) is 60.3 Å². The number of carbonyl (C=O) groups is 1. The van der Waals surface area contributed by atoms with Crippen LogP contribution in [-0.4, -0.2) is 66.3 Å². The van der Waals surface area contributed by atoms with Gasteiger partial charge in [-0.15, -0.1) is 11.8 Å². The van der Waals surface area contributed by atoms with E-state index in [-0.39, 0.29) is 5.91 Å². The smallest absolute Gasteiger partial charge is 0.270 e. The number of aromatic nitrogens is 1. The zero-order valence-corrected chi connectivity index (χ0v) is 16.9. The van der Waals surface area contributed by atoms with E-state index in [0.717, 1.165) is 49.4 Å². The van der Waals surface area contributed by atoms with Gasteiger partial charge in [0.2, 0.25) is 0 Å². The lowest BCUT2D eigenvalue weighted by Gasteiger charge is -2.34. The number of carbonyl (C=O) groups excluding carboxylic acids is 1. The number of benzene rings is 2. The molecule has 3 aromatic rings. The van der Waals surface area contributed by atoms with Gasteiger partial charge in [-0.3, -0.25) is 9.69 Å². The third-order valence-corrected chi connectivity index (χ3v) is 5.86. The van der Waals surface area contributed by atoms with Crippen LogP contribution in [0.2, 0.25) is 0 Å². The number of piperazine rings is 1. The van der Waals surface area contributed by atoms with Crippen molar-refractivity contribution in [2.75, 3.05) is 45.6 Å². The summed E-state index contributed by atoms with van der Waals surface area (Å²) in [6.07, 6.45) is 2.07. The Morgan fingerprint density at radius 2 is 1.89 bits per heavy atom. The molecule has 2 aromatic carbocycles. The summed E-state index contributed by atoms with van der Waals surface area (Å²) < 4.78 is 5.89. The molecule has 28 heavy (non-hydrogen) atoms. The van der Waals surface area contributed by atoms with E-state index in [2.05, 4.69) is 28.3 Å². The van der Waals surface area contributed by atoms with Gasteiger partial charge in [0.05, 0.1) is 0 Å². The lowest BCUT2D eigenvalue weighted by molar-refractivity contribution is 0.0615. The molecule has 2 heterocycles. The number of ether oxygens (including phenoxy) is 1. The Morgan fingerprint density at radius 1 is 1.07 bits per heavy atom. The maximum absolute atomic E-state index is 12.8. The second-order valence-electron chi connectivity index (χ2n) is 6.93. The van der Waals surface area contributed by atoms with Crippen molar-refractivity contribution < 1.29 is 9.53 Å². The maximum Gasteiger partial charge on any atom is 0.270 e. The summed E-state index contributed by atoms with van der Waals surface area (Å²) in [5, 5.41) is 1.08. The second kappa shape index (κ2) is 8.71. The molecular formula is C22H25N3O2S.